The maximum Gasteiger partial charge on any atom is 0.410 e. The first-order valence-electron chi connectivity index (χ1n) is 17.5. The van der Waals surface area contributed by atoms with E-state index in [-0.39, 0.29) is 47.2 Å². The fourth-order valence-electron chi connectivity index (χ4n) is 5.46. The quantitative estimate of drug-likeness (QED) is 0.146. The van der Waals surface area contributed by atoms with Crippen LogP contribution in [0.1, 0.15) is 75.0 Å². The summed E-state index contributed by atoms with van der Waals surface area (Å²) in [6, 6.07) is 19.8. The number of halogens is 2. The van der Waals surface area contributed by atoms with Crippen LogP contribution in [-0.4, -0.2) is 58.2 Å². The Morgan fingerprint density at radius 3 is 2.26 bits per heavy atom. The van der Waals surface area contributed by atoms with E-state index in [1.54, 1.807) is 82.8 Å². The molecule has 1 aliphatic heterocycles. The van der Waals surface area contributed by atoms with E-state index in [9.17, 15) is 18.8 Å². The van der Waals surface area contributed by atoms with Crippen LogP contribution in [0.15, 0.2) is 72.8 Å². The highest BCUT2D eigenvalue weighted by Crippen LogP contribution is 2.29. The molecule has 2 N–H and O–H groups in total. The standard InChI is InChI=1S/C41H43F2N5O6/c1-40(2,3)53-38(50)28-14-15-34(35(20-28)45-23-30-16-17-48(30)39(51)54-41(4,5)6)46-36(49)21-26-12-13-27(19-32(26)43)33-8-7-9-37(47-33)52-24-29-11-10-25(22-44)18-31(29)42/h7-15,18-20,30,45H,16-17,21,23-24H2,1-6H3,(H,46,49)/t30-/m0/s1. The smallest absolute Gasteiger partial charge is 0.410 e. The SMILES string of the molecule is CC(C)(C)OC(=O)c1ccc(NC(=O)Cc2ccc(-c3cccc(OCc4ccc(C#N)cc4F)n3)cc2F)c(NC[C@@H]2CCN2C(=O)OC(C)(C)C)c1. The number of anilines is 2. The highest BCUT2D eigenvalue weighted by Gasteiger charge is 2.35. The van der Waals surface area contributed by atoms with Gasteiger partial charge in [0.05, 0.1) is 46.7 Å². The monoisotopic (exact) mass is 739 g/mol. The van der Waals surface area contributed by atoms with Crippen LogP contribution in [0.3, 0.4) is 0 Å². The van der Waals surface area contributed by atoms with Gasteiger partial charge in [0.1, 0.15) is 29.4 Å². The number of nitriles is 1. The van der Waals surface area contributed by atoms with Gasteiger partial charge in [0.15, 0.2) is 0 Å². The molecule has 54 heavy (non-hydrogen) atoms. The number of nitrogens with one attached hydrogen (secondary N) is 2. The Morgan fingerprint density at radius 1 is 0.889 bits per heavy atom. The molecular formula is C41H43F2N5O6. The van der Waals surface area contributed by atoms with Crippen molar-refractivity contribution in [3.8, 4) is 23.2 Å². The highest BCUT2D eigenvalue weighted by atomic mass is 19.1. The van der Waals surface area contributed by atoms with E-state index >= 15 is 4.39 Å². The number of ether oxygens (including phenoxy) is 3. The second-order valence-corrected chi connectivity index (χ2v) is 14.9. The third-order valence-electron chi connectivity index (χ3n) is 8.21. The number of amides is 2. The van der Waals surface area contributed by atoms with E-state index in [1.165, 1.54) is 30.3 Å². The molecule has 0 aliphatic carbocycles. The van der Waals surface area contributed by atoms with Gasteiger partial charge in [-0.2, -0.15) is 5.26 Å². The molecule has 0 radical (unpaired) electrons. The van der Waals surface area contributed by atoms with E-state index in [2.05, 4.69) is 15.6 Å². The van der Waals surface area contributed by atoms with E-state index in [4.69, 9.17) is 19.5 Å². The average molecular weight is 740 g/mol. The topological polar surface area (TPSA) is 143 Å². The number of hydrogen-bond donors (Lipinski definition) is 2. The van der Waals surface area contributed by atoms with Gasteiger partial charge in [-0.25, -0.2) is 23.4 Å². The van der Waals surface area contributed by atoms with Crippen molar-refractivity contribution < 1.29 is 37.4 Å². The van der Waals surface area contributed by atoms with Gasteiger partial charge >= 0.3 is 12.1 Å². The number of aromatic nitrogens is 1. The lowest BCUT2D eigenvalue weighted by Crippen LogP contribution is -2.55. The molecule has 4 aromatic rings. The van der Waals surface area contributed by atoms with Gasteiger partial charge in [0.25, 0.3) is 0 Å². The van der Waals surface area contributed by atoms with E-state index < -0.39 is 40.8 Å². The number of pyridine rings is 1. The first-order chi connectivity index (χ1) is 25.5. The molecule has 1 fully saturated rings. The van der Waals surface area contributed by atoms with Crippen molar-refractivity contribution in [2.24, 2.45) is 0 Å². The summed E-state index contributed by atoms with van der Waals surface area (Å²) in [5, 5.41) is 15.0. The number of hydrogen-bond acceptors (Lipinski definition) is 9. The second-order valence-electron chi connectivity index (χ2n) is 14.9. The molecule has 2 amide bonds. The van der Waals surface area contributed by atoms with Crippen molar-refractivity contribution in [1.29, 1.82) is 5.26 Å². The first-order valence-corrected chi connectivity index (χ1v) is 17.5. The van der Waals surface area contributed by atoms with Crippen LogP contribution < -0.4 is 15.4 Å². The van der Waals surface area contributed by atoms with Crippen LogP contribution in [0.4, 0.5) is 25.0 Å². The number of esters is 1. The summed E-state index contributed by atoms with van der Waals surface area (Å²) in [5.74, 6) is -2.05. The lowest BCUT2D eigenvalue weighted by atomic mass is 10.0. The van der Waals surface area contributed by atoms with Crippen LogP contribution in [0.25, 0.3) is 11.3 Å². The predicted octanol–water partition coefficient (Wildman–Crippen LogP) is 8.04. The van der Waals surface area contributed by atoms with Gasteiger partial charge in [-0.05, 0) is 96.0 Å². The summed E-state index contributed by atoms with van der Waals surface area (Å²) in [7, 11) is 0. The van der Waals surface area contributed by atoms with Crippen molar-refractivity contribution in [1.82, 2.24) is 9.88 Å². The number of benzene rings is 3. The van der Waals surface area contributed by atoms with Crippen molar-refractivity contribution in [3.05, 3.63) is 107 Å². The molecule has 282 valence electrons. The Morgan fingerprint density at radius 2 is 1.61 bits per heavy atom. The van der Waals surface area contributed by atoms with Crippen LogP contribution in [0, 0.1) is 23.0 Å². The first kappa shape index (κ1) is 39.2. The molecule has 0 unspecified atom stereocenters. The normalized spacial score (nSPS) is 14.0. The minimum absolute atomic E-state index is 0.123. The minimum Gasteiger partial charge on any atom is -0.473 e. The molecule has 13 heteroatoms. The lowest BCUT2D eigenvalue weighted by Gasteiger charge is -2.41. The molecule has 5 rings (SSSR count). The van der Waals surface area contributed by atoms with Crippen molar-refractivity contribution >= 4 is 29.3 Å². The average Bonchev–Trinajstić information content (AvgIpc) is 3.07. The highest BCUT2D eigenvalue weighted by molar-refractivity contribution is 5.98. The zero-order valence-electron chi connectivity index (χ0n) is 31.1. The van der Waals surface area contributed by atoms with Gasteiger partial charge in [-0.1, -0.05) is 24.3 Å². The molecule has 11 nitrogen and oxygen atoms in total. The summed E-state index contributed by atoms with van der Waals surface area (Å²) < 4.78 is 46.4. The second kappa shape index (κ2) is 16.3. The Kier molecular flexibility index (Phi) is 11.8. The van der Waals surface area contributed by atoms with Crippen LogP contribution >= 0.6 is 0 Å². The number of carbonyl (C=O) groups is 3. The van der Waals surface area contributed by atoms with Crippen LogP contribution in [-0.2, 0) is 27.3 Å². The molecule has 1 aliphatic rings. The number of rotatable bonds is 11. The molecule has 1 atom stereocenters. The molecule has 0 spiro atoms. The van der Waals surface area contributed by atoms with Gasteiger partial charge < -0.3 is 29.7 Å². The van der Waals surface area contributed by atoms with Gasteiger partial charge in [-0.3, -0.25) is 4.79 Å². The summed E-state index contributed by atoms with van der Waals surface area (Å²) in [5.41, 5.74) is 1.10. The molecule has 1 saturated heterocycles. The molecule has 3 aromatic carbocycles. The number of likely N-dealkylation sites (tertiary alicyclic amines) is 1. The molecule has 0 bridgehead atoms. The van der Waals surface area contributed by atoms with Crippen LogP contribution in [0.2, 0.25) is 0 Å². The van der Waals surface area contributed by atoms with E-state index in [0.29, 0.717) is 35.7 Å². The Labute approximate surface area is 313 Å². The maximum atomic E-state index is 15.4. The van der Waals surface area contributed by atoms with Gasteiger partial charge in [-0.15, -0.1) is 0 Å². The maximum absolute atomic E-state index is 15.4. The summed E-state index contributed by atoms with van der Waals surface area (Å²) >= 11 is 0. The van der Waals surface area contributed by atoms with E-state index in [0.717, 1.165) is 12.5 Å². The summed E-state index contributed by atoms with van der Waals surface area (Å²) in [4.78, 5) is 44.9. The van der Waals surface area contributed by atoms with Gasteiger partial charge in [0.2, 0.25) is 11.8 Å². The van der Waals surface area contributed by atoms with Gasteiger partial charge in [0, 0.05) is 30.3 Å². The lowest BCUT2D eigenvalue weighted by molar-refractivity contribution is -0.115. The van der Waals surface area contributed by atoms with Crippen molar-refractivity contribution in [2.45, 2.75) is 78.2 Å². The minimum atomic E-state index is -0.725. The molecular weight excluding hydrogens is 696 g/mol. The summed E-state index contributed by atoms with van der Waals surface area (Å²) in [6.45, 7) is 11.4. The Hall–Kier alpha value is -6.03. The van der Waals surface area contributed by atoms with E-state index in [1.807, 2.05) is 6.07 Å². The third kappa shape index (κ3) is 10.5. The Balaban J connectivity index is 1.26. The fourth-order valence-corrected chi connectivity index (χ4v) is 5.46. The molecule has 2 heterocycles. The number of nitrogens with zero attached hydrogens (tertiary/aromatic N) is 3. The third-order valence-corrected chi connectivity index (χ3v) is 8.21. The van der Waals surface area contributed by atoms with Crippen LogP contribution in [0.5, 0.6) is 5.88 Å². The van der Waals surface area contributed by atoms with Crippen molar-refractivity contribution in [2.75, 3.05) is 23.7 Å². The zero-order chi connectivity index (χ0) is 39.2. The fraction of sp³-hybridized carbons (Fsp3) is 0.341. The zero-order valence-corrected chi connectivity index (χ0v) is 31.1. The number of carbonyl (C=O) groups excluding carboxylic acids is 3. The summed E-state index contributed by atoms with van der Waals surface area (Å²) in [6.07, 6.45) is 0.0273. The molecule has 0 saturated carbocycles. The Bertz CT molecular complexity index is 2090. The van der Waals surface area contributed by atoms with Crippen molar-refractivity contribution in [3.63, 3.8) is 0 Å². The molecule has 1 aromatic heterocycles. The predicted molar refractivity (Wildman–Crippen MR) is 199 cm³/mol. The largest absolute Gasteiger partial charge is 0.473 e.